The normalized spacial score (nSPS) is 11.0. The zero-order valence-corrected chi connectivity index (χ0v) is 16.3. The van der Waals surface area contributed by atoms with Crippen LogP contribution in [0.3, 0.4) is 0 Å². The lowest BCUT2D eigenvalue weighted by Crippen LogP contribution is -2.36. The molecule has 0 aliphatic rings. The third-order valence-electron chi connectivity index (χ3n) is 3.77. The summed E-state index contributed by atoms with van der Waals surface area (Å²) in [7, 11) is 0. The Morgan fingerprint density at radius 3 is 2.50 bits per heavy atom. The van der Waals surface area contributed by atoms with Gasteiger partial charge in [0.05, 0.1) is 11.3 Å². The molecular weight excluding hydrogens is 397 g/mol. The first-order valence-electron chi connectivity index (χ1n) is 8.52. The van der Waals surface area contributed by atoms with Gasteiger partial charge in [0.2, 0.25) is 5.43 Å². The van der Waals surface area contributed by atoms with E-state index in [0.29, 0.717) is 6.54 Å². The Hall–Kier alpha value is -2.39. The molecule has 0 fully saturated rings. The predicted octanol–water partition coefficient (Wildman–Crippen LogP) is 2.71. The highest BCUT2D eigenvalue weighted by Crippen LogP contribution is 2.33. The molecule has 2 N–H and O–H groups in total. The van der Waals surface area contributed by atoms with Crippen molar-refractivity contribution in [2.24, 2.45) is 0 Å². The number of aryl methyl sites for hydroxylation is 1. The van der Waals surface area contributed by atoms with Crippen LogP contribution in [-0.4, -0.2) is 35.3 Å². The van der Waals surface area contributed by atoms with Crippen LogP contribution in [0.1, 0.15) is 35.1 Å². The molecule has 0 unspecified atom stereocenters. The molecule has 28 heavy (non-hydrogen) atoms. The summed E-state index contributed by atoms with van der Waals surface area (Å²) in [6, 6.07) is 5.96. The van der Waals surface area contributed by atoms with Gasteiger partial charge in [0.25, 0.3) is 5.91 Å². The minimum atomic E-state index is -4.60. The van der Waals surface area contributed by atoms with Crippen molar-refractivity contribution in [3.8, 4) is 5.69 Å². The molecule has 0 saturated heterocycles. The number of nitrogens with zero attached hydrogens (tertiary/aromatic N) is 2. The molecule has 2 aromatic rings. The van der Waals surface area contributed by atoms with Gasteiger partial charge in [-0.2, -0.15) is 18.3 Å². The summed E-state index contributed by atoms with van der Waals surface area (Å²) in [5, 5.41) is 9.53. The number of aromatic nitrogens is 2. The molecule has 154 valence electrons. The lowest BCUT2D eigenvalue weighted by Gasteiger charge is -2.16. The Labute approximate surface area is 166 Å². The SMILES string of the molecule is CCCNCCNC(=O)c1nn(-c2ccccc2C(F)(F)F)c(C)cc1=O.Cl. The minimum absolute atomic E-state index is 0. The largest absolute Gasteiger partial charge is 0.418 e. The van der Waals surface area contributed by atoms with Crippen LogP contribution in [0.15, 0.2) is 35.1 Å². The van der Waals surface area contributed by atoms with E-state index >= 15 is 0 Å². The summed E-state index contributed by atoms with van der Waals surface area (Å²) in [5.41, 5.74) is -2.06. The second kappa shape index (κ2) is 10.2. The molecule has 0 atom stereocenters. The van der Waals surface area contributed by atoms with Gasteiger partial charge in [0, 0.05) is 24.8 Å². The van der Waals surface area contributed by atoms with E-state index in [1.54, 1.807) is 0 Å². The van der Waals surface area contributed by atoms with Gasteiger partial charge in [-0.1, -0.05) is 19.1 Å². The zero-order valence-electron chi connectivity index (χ0n) is 15.5. The monoisotopic (exact) mass is 418 g/mol. The number of hydrogen-bond acceptors (Lipinski definition) is 4. The molecule has 0 aliphatic carbocycles. The second-order valence-corrected chi connectivity index (χ2v) is 5.93. The van der Waals surface area contributed by atoms with Gasteiger partial charge in [-0.3, -0.25) is 9.59 Å². The molecule has 1 aromatic carbocycles. The third kappa shape index (κ3) is 5.80. The molecule has 0 saturated carbocycles. The Bertz CT molecular complexity index is 869. The summed E-state index contributed by atoms with van der Waals surface area (Å²) in [6.45, 7) is 5.03. The number of nitrogens with one attached hydrogen (secondary N) is 2. The average Bonchev–Trinajstić information content (AvgIpc) is 2.61. The second-order valence-electron chi connectivity index (χ2n) is 5.93. The lowest BCUT2D eigenvalue weighted by molar-refractivity contribution is -0.137. The number of para-hydroxylation sites is 1. The quantitative estimate of drug-likeness (QED) is 0.678. The van der Waals surface area contributed by atoms with E-state index in [2.05, 4.69) is 15.7 Å². The maximum atomic E-state index is 13.3. The maximum Gasteiger partial charge on any atom is 0.418 e. The first-order valence-corrected chi connectivity index (χ1v) is 8.52. The van der Waals surface area contributed by atoms with Crippen LogP contribution in [0.5, 0.6) is 0 Å². The first-order chi connectivity index (χ1) is 12.8. The number of hydrogen-bond donors (Lipinski definition) is 2. The van der Waals surface area contributed by atoms with Gasteiger partial charge >= 0.3 is 6.18 Å². The number of rotatable bonds is 7. The number of alkyl halides is 3. The molecule has 0 spiro atoms. The van der Waals surface area contributed by atoms with Crippen molar-refractivity contribution in [3.05, 3.63) is 57.5 Å². The molecule has 0 aliphatic heterocycles. The molecule has 1 heterocycles. The highest BCUT2D eigenvalue weighted by molar-refractivity contribution is 5.92. The van der Waals surface area contributed by atoms with Crippen molar-refractivity contribution in [3.63, 3.8) is 0 Å². The summed E-state index contributed by atoms with van der Waals surface area (Å²) in [6.07, 6.45) is -3.65. The van der Waals surface area contributed by atoms with Crippen molar-refractivity contribution >= 4 is 18.3 Å². The van der Waals surface area contributed by atoms with E-state index in [1.165, 1.54) is 25.1 Å². The van der Waals surface area contributed by atoms with Gasteiger partial charge < -0.3 is 10.6 Å². The summed E-state index contributed by atoms with van der Waals surface area (Å²) in [4.78, 5) is 24.3. The highest BCUT2D eigenvalue weighted by atomic mass is 35.5. The van der Waals surface area contributed by atoms with Gasteiger partial charge in [-0.25, -0.2) is 4.68 Å². The van der Waals surface area contributed by atoms with Crippen molar-refractivity contribution in [2.45, 2.75) is 26.4 Å². The van der Waals surface area contributed by atoms with Gasteiger partial charge in [0.15, 0.2) is 5.69 Å². The van der Waals surface area contributed by atoms with E-state index < -0.39 is 28.8 Å². The molecule has 2 rings (SSSR count). The highest BCUT2D eigenvalue weighted by Gasteiger charge is 2.34. The fourth-order valence-electron chi connectivity index (χ4n) is 2.50. The van der Waals surface area contributed by atoms with E-state index in [-0.39, 0.29) is 30.3 Å². The average molecular weight is 419 g/mol. The van der Waals surface area contributed by atoms with Gasteiger partial charge in [-0.05, 0) is 32.0 Å². The number of halogens is 4. The standard InChI is InChI=1S/C18H21F3N4O2.ClH/c1-3-8-22-9-10-23-17(27)16-15(26)11-12(2)25(24-16)14-7-5-4-6-13(14)18(19,20)21;/h4-7,11,22H,3,8-10H2,1-2H3,(H,23,27);1H. The molecule has 1 amide bonds. The molecule has 0 bridgehead atoms. The third-order valence-corrected chi connectivity index (χ3v) is 3.77. The smallest absolute Gasteiger partial charge is 0.349 e. The fraction of sp³-hybridized carbons (Fsp3) is 0.389. The van der Waals surface area contributed by atoms with Crippen molar-refractivity contribution < 1.29 is 18.0 Å². The Morgan fingerprint density at radius 2 is 1.86 bits per heavy atom. The topological polar surface area (TPSA) is 76.0 Å². The predicted molar refractivity (Wildman–Crippen MR) is 102 cm³/mol. The van der Waals surface area contributed by atoms with Gasteiger partial charge in [0.1, 0.15) is 0 Å². The van der Waals surface area contributed by atoms with Crippen LogP contribution in [-0.2, 0) is 6.18 Å². The molecular formula is C18H22ClF3N4O2. The van der Waals surface area contributed by atoms with E-state index in [4.69, 9.17) is 0 Å². The Balaban J connectivity index is 0.00000392. The zero-order chi connectivity index (χ0) is 20.0. The van der Waals surface area contributed by atoms with Crippen LogP contribution in [0.25, 0.3) is 5.69 Å². The van der Waals surface area contributed by atoms with Crippen LogP contribution in [0, 0.1) is 6.92 Å². The first kappa shape index (κ1) is 23.6. The van der Waals surface area contributed by atoms with Crippen LogP contribution in [0.4, 0.5) is 13.2 Å². The number of carbonyl (C=O) groups excluding carboxylic acids is 1. The lowest BCUT2D eigenvalue weighted by atomic mass is 10.1. The number of amides is 1. The van der Waals surface area contributed by atoms with Crippen LogP contribution >= 0.6 is 12.4 Å². The van der Waals surface area contributed by atoms with Crippen LogP contribution in [0.2, 0.25) is 0 Å². The van der Waals surface area contributed by atoms with E-state index in [9.17, 15) is 22.8 Å². The molecule has 0 radical (unpaired) electrons. The summed E-state index contributed by atoms with van der Waals surface area (Å²) < 4.78 is 40.8. The van der Waals surface area contributed by atoms with E-state index in [0.717, 1.165) is 29.8 Å². The number of carbonyl (C=O) groups is 1. The molecule has 6 nitrogen and oxygen atoms in total. The maximum absolute atomic E-state index is 13.3. The molecule has 1 aromatic heterocycles. The van der Waals surface area contributed by atoms with Gasteiger partial charge in [-0.15, -0.1) is 12.4 Å². The number of benzene rings is 1. The van der Waals surface area contributed by atoms with E-state index in [1.807, 2.05) is 6.92 Å². The fourth-order valence-corrected chi connectivity index (χ4v) is 2.50. The van der Waals surface area contributed by atoms with Crippen molar-refractivity contribution in [2.75, 3.05) is 19.6 Å². The Morgan fingerprint density at radius 1 is 1.18 bits per heavy atom. The Kier molecular flexibility index (Phi) is 8.64. The van der Waals surface area contributed by atoms with Crippen molar-refractivity contribution in [1.29, 1.82) is 0 Å². The molecule has 10 heteroatoms. The summed E-state index contributed by atoms with van der Waals surface area (Å²) in [5.74, 6) is -0.725. The minimum Gasteiger partial charge on any atom is -0.349 e. The summed E-state index contributed by atoms with van der Waals surface area (Å²) >= 11 is 0. The van der Waals surface area contributed by atoms with Crippen LogP contribution < -0.4 is 16.1 Å². The van der Waals surface area contributed by atoms with Crippen molar-refractivity contribution in [1.82, 2.24) is 20.4 Å².